The third-order valence-corrected chi connectivity index (χ3v) is 2.58. The molecule has 88 valence electrons. The summed E-state index contributed by atoms with van der Waals surface area (Å²) >= 11 is 0. The first-order valence-corrected chi connectivity index (χ1v) is 5.61. The average molecular weight is 222 g/mol. The minimum absolute atomic E-state index is 0.550. The van der Waals surface area contributed by atoms with Crippen LogP contribution in [0.1, 0.15) is 13.3 Å². The number of hydrogen-bond acceptors (Lipinski definition) is 4. The maximum absolute atomic E-state index is 5.78. The van der Waals surface area contributed by atoms with Crippen LogP contribution < -0.4 is 20.5 Å². The molecule has 0 aliphatic carbocycles. The lowest BCUT2D eigenvalue weighted by Crippen LogP contribution is -2.38. The van der Waals surface area contributed by atoms with Gasteiger partial charge in [-0.25, -0.2) is 0 Å². The first-order valence-electron chi connectivity index (χ1n) is 5.61. The summed E-state index contributed by atoms with van der Waals surface area (Å²) in [6, 6.07) is 7.74. The summed E-state index contributed by atoms with van der Waals surface area (Å²) in [6.07, 6.45) is 0.793. The molecule has 0 unspecified atom stereocenters. The van der Waals surface area contributed by atoms with Crippen LogP contribution in [0.25, 0.3) is 0 Å². The molecule has 4 nitrogen and oxygen atoms in total. The molecule has 0 spiro atoms. The van der Waals surface area contributed by atoms with Gasteiger partial charge in [-0.05, 0) is 12.1 Å². The van der Waals surface area contributed by atoms with E-state index in [1.807, 2.05) is 31.2 Å². The Bertz CT molecular complexity index is 330. The fourth-order valence-corrected chi connectivity index (χ4v) is 1.75. The Kier molecular flexibility index (Phi) is 3.31. The summed E-state index contributed by atoms with van der Waals surface area (Å²) in [4.78, 5) is 0. The number of fused-ring (bicyclic) bond motifs is 1. The van der Waals surface area contributed by atoms with Gasteiger partial charge in [-0.15, -0.1) is 0 Å². The Hall–Kier alpha value is -1.26. The highest BCUT2D eigenvalue weighted by atomic mass is 16.7. The van der Waals surface area contributed by atoms with E-state index in [2.05, 4.69) is 5.32 Å². The zero-order valence-electron chi connectivity index (χ0n) is 9.53. The second-order valence-electron chi connectivity index (χ2n) is 4.07. The van der Waals surface area contributed by atoms with E-state index in [4.69, 9.17) is 15.2 Å². The van der Waals surface area contributed by atoms with E-state index < -0.39 is 5.79 Å². The molecule has 0 saturated carbocycles. The van der Waals surface area contributed by atoms with Crippen LogP contribution in [0.3, 0.4) is 0 Å². The second-order valence-corrected chi connectivity index (χ2v) is 4.07. The van der Waals surface area contributed by atoms with E-state index >= 15 is 0 Å². The zero-order valence-corrected chi connectivity index (χ0v) is 9.53. The second kappa shape index (κ2) is 4.72. The standard InChI is InChI=1S/C12H18N2O2/c1-12(6-8-14-9-7-13)15-10-4-2-3-5-11(10)16-12/h2-5,14H,6-9,13H2,1H3. The molecule has 1 aliphatic heterocycles. The summed E-state index contributed by atoms with van der Waals surface area (Å²) in [7, 11) is 0. The van der Waals surface area contributed by atoms with Crippen LogP contribution in [0.15, 0.2) is 24.3 Å². The molecule has 2 rings (SSSR count). The van der Waals surface area contributed by atoms with Crippen LogP contribution in [0.5, 0.6) is 11.5 Å². The summed E-state index contributed by atoms with van der Waals surface area (Å²) in [5, 5.41) is 3.23. The van der Waals surface area contributed by atoms with Crippen molar-refractivity contribution in [2.24, 2.45) is 5.73 Å². The molecule has 0 bridgehead atoms. The number of nitrogens with one attached hydrogen (secondary N) is 1. The third-order valence-electron chi connectivity index (χ3n) is 2.58. The quantitative estimate of drug-likeness (QED) is 0.733. The van der Waals surface area contributed by atoms with Gasteiger partial charge in [0, 0.05) is 33.0 Å². The molecule has 0 atom stereocenters. The molecule has 1 aromatic rings. The molecular formula is C12H18N2O2. The molecule has 1 heterocycles. The Morgan fingerprint density at radius 1 is 1.19 bits per heavy atom. The van der Waals surface area contributed by atoms with Crippen molar-refractivity contribution in [3.8, 4) is 11.5 Å². The van der Waals surface area contributed by atoms with Gasteiger partial charge in [-0.3, -0.25) is 0 Å². The molecule has 0 amide bonds. The van der Waals surface area contributed by atoms with Crippen LogP contribution in [0, 0.1) is 0 Å². The third kappa shape index (κ3) is 2.46. The Morgan fingerprint density at radius 2 is 1.81 bits per heavy atom. The van der Waals surface area contributed by atoms with Crippen molar-refractivity contribution < 1.29 is 9.47 Å². The molecule has 0 saturated heterocycles. The van der Waals surface area contributed by atoms with Gasteiger partial charge in [0.1, 0.15) is 0 Å². The SMILES string of the molecule is CC1(CCNCCN)Oc2ccccc2O1. The van der Waals surface area contributed by atoms with Crippen molar-refractivity contribution in [1.82, 2.24) is 5.32 Å². The Balaban J connectivity index is 1.88. The van der Waals surface area contributed by atoms with Gasteiger partial charge in [0.2, 0.25) is 5.79 Å². The topological polar surface area (TPSA) is 56.5 Å². The molecule has 0 fully saturated rings. The first-order chi connectivity index (χ1) is 7.73. The van der Waals surface area contributed by atoms with Crippen molar-refractivity contribution in [3.05, 3.63) is 24.3 Å². The van der Waals surface area contributed by atoms with Crippen LogP contribution in [-0.4, -0.2) is 25.4 Å². The van der Waals surface area contributed by atoms with E-state index in [9.17, 15) is 0 Å². The molecule has 1 aliphatic rings. The summed E-state index contributed by atoms with van der Waals surface area (Å²) in [5.41, 5.74) is 5.40. The fourth-order valence-electron chi connectivity index (χ4n) is 1.75. The van der Waals surface area contributed by atoms with Gasteiger partial charge in [0.15, 0.2) is 11.5 Å². The zero-order chi connectivity index (χ0) is 11.4. The van der Waals surface area contributed by atoms with Gasteiger partial charge < -0.3 is 20.5 Å². The molecule has 3 N–H and O–H groups in total. The average Bonchev–Trinajstić information content (AvgIpc) is 2.61. The highest BCUT2D eigenvalue weighted by Gasteiger charge is 2.35. The van der Waals surface area contributed by atoms with E-state index in [1.165, 1.54) is 0 Å². The van der Waals surface area contributed by atoms with Crippen molar-refractivity contribution >= 4 is 0 Å². The van der Waals surface area contributed by atoms with Crippen molar-refractivity contribution in [2.75, 3.05) is 19.6 Å². The normalized spacial score (nSPS) is 16.4. The maximum Gasteiger partial charge on any atom is 0.250 e. The van der Waals surface area contributed by atoms with Gasteiger partial charge >= 0.3 is 0 Å². The minimum Gasteiger partial charge on any atom is -0.449 e. The van der Waals surface area contributed by atoms with Gasteiger partial charge in [-0.1, -0.05) is 12.1 Å². The molecule has 0 radical (unpaired) electrons. The highest BCUT2D eigenvalue weighted by molar-refractivity contribution is 5.42. The van der Waals surface area contributed by atoms with Crippen molar-refractivity contribution in [3.63, 3.8) is 0 Å². The monoisotopic (exact) mass is 222 g/mol. The maximum atomic E-state index is 5.78. The van der Waals surface area contributed by atoms with Crippen LogP contribution in [0.2, 0.25) is 0 Å². The Labute approximate surface area is 95.7 Å². The van der Waals surface area contributed by atoms with Crippen LogP contribution in [0.4, 0.5) is 0 Å². The molecular weight excluding hydrogens is 204 g/mol. The molecule has 16 heavy (non-hydrogen) atoms. The molecule has 1 aromatic carbocycles. The number of para-hydroxylation sites is 2. The number of ether oxygens (including phenoxy) is 2. The van der Waals surface area contributed by atoms with Crippen LogP contribution >= 0.6 is 0 Å². The Morgan fingerprint density at radius 3 is 2.38 bits per heavy atom. The number of hydrogen-bond donors (Lipinski definition) is 2. The van der Waals surface area contributed by atoms with E-state index in [0.29, 0.717) is 6.54 Å². The molecule has 4 heteroatoms. The summed E-state index contributed by atoms with van der Waals surface area (Å²) < 4.78 is 11.6. The summed E-state index contributed by atoms with van der Waals surface area (Å²) in [6.45, 7) is 4.26. The predicted molar refractivity (Wildman–Crippen MR) is 62.6 cm³/mol. The van der Waals surface area contributed by atoms with Crippen molar-refractivity contribution in [1.29, 1.82) is 0 Å². The lowest BCUT2D eigenvalue weighted by molar-refractivity contribution is -0.0672. The number of benzene rings is 1. The summed E-state index contributed by atoms with van der Waals surface area (Å²) in [5.74, 6) is 1.10. The van der Waals surface area contributed by atoms with Gasteiger partial charge in [0.05, 0.1) is 0 Å². The van der Waals surface area contributed by atoms with Crippen molar-refractivity contribution in [2.45, 2.75) is 19.1 Å². The van der Waals surface area contributed by atoms with E-state index in [1.54, 1.807) is 0 Å². The number of rotatable bonds is 5. The van der Waals surface area contributed by atoms with E-state index in [0.717, 1.165) is 31.0 Å². The lowest BCUT2D eigenvalue weighted by atomic mass is 10.2. The van der Waals surface area contributed by atoms with Crippen LogP contribution in [-0.2, 0) is 0 Å². The minimum atomic E-state index is -0.550. The highest BCUT2D eigenvalue weighted by Crippen LogP contribution is 2.39. The van der Waals surface area contributed by atoms with E-state index in [-0.39, 0.29) is 0 Å². The lowest BCUT2D eigenvalue weighted by Gasteiger charge is -2.23. The molecule has 0 aromatic heterocycles. The van der Waals surface area contributed by atoms with Gasteiger partial charge in [0.25, 0.3) is 0 Å². The number of nitrogens with two attached hydrogens (primary N) is 1. The largest absolute Gasteiger partial charge is 0.449 e. The fraction of sp³-hybridized carbons (Fsp3) is 0.500. The van der Waals surface area contributed by atoms with Gasteiger partial charge in [-0.2, -0.15) is 0 Å². The smallest absolute Gasteiger partial charge is 0.250 e. The predicted octanol–water partition coefficient (Wildman–Crippen LogP) is 1.11. The first kappa shape index (κ1) is 11.2.